The van der Waals surface area contributed by atoms with E-state index in [9.17, 15) is 9.59 Å². The number of carbonyl (C=O) groups excluding carboxylic acids is 2. The van der Waals surface area contributed by atoms with Crippen LogP contribution < -0.4 is 14.8 Å². The van der Waals surface area contributed by atoms with E-state index in [-0.39, 0.29) is 18.2 Å². The van der Waals surface area contributed by atoms with Gasteiger partial charge >= 0.3 is 5.97 Å². The quantitative estimate of drug-likeness (QED) is 0.725. The second kappa shape index (κ2) is 9.11. The SMILES string of the molecule is CCOc1cc2c(cc1CNC(=O)COC(=O)c1ccc(C#N)cc1)O[C@H](C)C2. The van der Waals surface area contributed by atoms with Crippen molar-refractivity contribution in [2.24, 2.45) is 0 Å². The summed E-state index contributed by atoms with van der Waals surface area (Å²) < 4.78 is 16.5. The summed E-state index contributed by atoms with van der Waals surface area (Å²) in [4.78, 5) is 24.1. The monoisotopic (exact) mass is 394 g/mol. The second-order valence-corrected chi connectivity index (χ2v) is 6.68. The van der Waals surface area contributed by atoms with E-state index in [2.05, 4.69) is 5.32 Å². The number of hydrogen-bond acceptors (Lipinski definition) is 6. The predicted octanol–water partition coefficient (Wildman–Crippen LogP) is 2.75. The summed E-state index contributed by atoms with van der Waals surface area (Å²) in [6.45, 7) is 4.24. The van der Waals surface area contributed by atoms with Crippen LogP contribution in [-0.4, -0.2) is 31.2 Å². The molecule has 2 aromatic rings. The molecule has 150 valence electrons. The highest BCUT2D eigenvalue weighted by atomic mass is 16.5. The molecule has 1 amide bonds. The first-order valence-electron chi connectivity index (χ1n) is 9.39. The molecular formula is C22H22N2O5. The Morgan fingerprint density at radius 3 is 2.72 bits per heavy atom. The Hall–Kier alpha value is -3.53. The number of fused-ring (bicyclic) bond motifs is 1. The maximum atomic E-state index is 12.1. The van der Waals surface area contributed by atoms with Crippen molar-refractivity contribution >= 4 is 11.9 Å². The Labute approximate surface area is 169 Å². The Bertz CT molecular complexity index is 947. The molecular weight excluding hydrogens is 372 g/mol. The maximum absolute atomic E-state index is 12.1. The molecule has 0 fully saturated rings. The molecule has 0 saturated carbocycles. The number of amides is 1. The lowest BCUT2D eigenvalue weighted by Gasteiger charge is -2.13. The highest BCUT2D eigenvalue weighted by Crippen LogP contribution is 2.35. The summed E-state index contributed by atoms with van der Waals surface area (Å²) in [5.41, 5.74) is 2.61. The minimum atomic E-state index is -0.625. The van der Waals surface area contributed by atoms with Crippen molar-refractivity contribution in [1.29, 1.82) is 5.26 Å². The number of esters is 1. The molecule has 1 aliphatic rings. The number of carbonyl (C=O) groups is 2. The van der Waals surface area contributed by atoms with Crippen LogP contribution in [0.4, 0.5) is 0 Å². The number of rotatable bonds is 7. The van der Waals surface area contributed by atoms with Crippen molar-refractivity contribution in [1.82, 2.24) is 5.32 Å². The molecule has 0 bridgehead atoms. The number of nitriles is 1. The van der Waals surface area contributed by atoms with Crippen LogP contribution in [0.15, 0.2) is 36.4 Å². The van der Waals surface area contributed by atoms with Crippen LogP contribution in [0.5, 0.6) is 11.5 Å². The molecule has 1 N–H and O–H groups in total. The largest absolute Gasteiger partial charge is 0.494 e. The van der Waals surface area contributed by atoms with Crippen molar-refractivity contribution in [2.75, 3.05) is 13.2 Å². The van der Waals surface area contributed by atoms with E-state index in [1.165, 1.54) is 24.3 Å². The van der Waals surface area contributed by atoms with Crippen LogP contribution >= 0.6 is 0 Å². The molecule has 1 aliphatic heterocycles. The normalized spacial score (nSPS) is 14.3. The molecule has 0 saturated heterocycles. The van der Waals surface area contributed by atoms with E-state index in [0.29, 0.717) is 17.9 Å². The Balaban J connectivity index is 1.55. The number of nitrogens with one attached hydrogen (secondary N) is 1. The first kappa shape index (κ1) is 20.2. The molecule has 1 heterocycles. The fourth-order valence-corrected chi connectivity index (χ4v) is 3.05. The van der Waals surface area contributed by atoms with Gasteiger partial charge in [-0.15, -0.1) is 0 Å². The highest BCUT2D eigenvalue weighted by Gasteiger charge is 2.22. The van der Waals surface area contributed by atoms with E-state index in [1.54, 1.807) is 0 Å². The Morgan fingerprint density at radius 2 is 2.03 bits per heavy atom. The van der Waals surface area contributed by atoms with Gasteiger partial charge in [0.1, 0.15) is 17.6 Å². The van der Waals surface area contributed by atoms with Crippen LogP contribution in [-0.2, 0) is 22.5 Å². The maximum Gasteiger partial charge on any atom is 0.338 e. The van der Waals surface area contributed by atoms with Gasteiger partial charge in [0.2, 0.25) is 0 Å². The van der Waals surface area contributed by atoms with E-state index >= 15 is 0 Å². The lowest BCUT2D eigenvalue weighted by Crippen LogP contribution is -2.28. The lowest BCUT2D eigenvalue weighted by atomic mass is 10.1. The fraction of sp³-hybridized carbons (Fsp3) is 0.318. The van der Waals surface area contributed by atoms with Gasteiger partial charge in [-0.3, -0.25) is 4.79 Å². The standard InChI is InChI=1S/C22H22N2O5/c1-3-27-19-9-17-8-14(2)29-20(17)10-18(19)12-24-21(25)13-28-22(26)16-6-4-15(11-23)5-7-16/h4-7,9-10,14H,3,8,12-13H2,1-2H3,(H,24,25)/t14-/m1/s1. The third-order valence-electron chi connectivity index (χ3n) is 4.44. The van der Waals surface area contributed by atoms with Gasteiger partial charge in [-0.1, -0.05) is 0 Å². The molecule has 0 unspecified atom stereocenters. The topological polar surface area (TPSA) is 97.6 Å². The fourth-order valence-electron chi connectivity index (χ4n) is 3.05. The molecule has 0 aromatic heterocycles. The van der Waals surface area contributed by atoms with Gasteiger partial charge in [-0.2, -0.15) is 5.26 Å². The summed E-state index contributed by atoms with van der Waals surface area (Å²) in [6.07, 6.45) is 0.943. The second-order valence-electron chi connectivity index (χ2n) is 6.68. The average molecular weight is 394 g/mol. The van der Waals surface area contributed by atoms with Gasteiger partial charge in [0, 0.05) is 24.1 Å². The first-order valence-corrected chi connectivity index (χ1v) is 9.39. The summed E-state index contributed by atoms with van der Waals surface area (Å²) in [5, 5.41) is 11.5. The summed E-state index contributed by atoms with van der Waals surface area (Å²) >= 11 is 0. The van der Waals surface area contributed by atoms with Crippen LogP contribution in [0.25, 0.3) is 0 Å². The zero-order chi connectivity index (χ0) is 20.8. The van der Waals surface area contributed by atoms with Crippen molar-refractivity contribution in [3.05, 3.63) is 58.7 Å². The number of benzene rings is 2. The third-order valence-corrected chi connectivity index (χ3v) is 4.44. The first-order chi connectivity index (χ1) is 14.0. The van der Waals surface area contributed by atoms with Gasteiger partial charge in [0.25, 0.3) is 5.91 Å². The molecule has 3 rings (SSSR count). The smallest absolute Gasteiger partial charge is 0.338 e. The Kier molecular flexibility index (Phi) is 6.35. The van der Waals surface area contributed by atoms with Crippen molar-refractivity contribution < 1.29 is 23.8 Å². The number of ether oxygens (including phenoxy) is 3. The molecule has 2 aromatic carbocycles. The molecule has 7 nitrogen and oxygen atoms in total. The lowest BCUT2D eigenvalue weighted by molar-refractivity contribution is -0.124. The van der Waals surface area contributed by atoms with E-state index < -0.39 is 18.5 Å². The van der Waals surface area contributed by atoms with Gasteiger partial charge in [0.05, 0.1) is 23.8 Å². The average Bonchev–Trinajstić information content (AvgIpc) is 3.09. The van der Waals surface area contributed by atoms with Crippen molar-refractivity contribution in [2.45, 2.75) is 32.9 Å². The van der Waals surface area contributed by atoms with Gasteiger partial charge in [0.15, 0.2) is 6.61 Å². The summed E-state index contributed by atoms with van der Waals surface area (Å²) in [7, 11) is 0. The summed E-state index contributed by atoms with van der Waals surface area (Å²) in [6, 6.07) is 11.8. The summed E-state index contributed by atoms with van der Waals surface area (Å²) in [5.74, 6) is 0.458. The minimum Gasteiger partial charge on any atom is -0.494 e. The van der Waals surface area contributed by atoms with Crippen molar-refractivity contribution in [3.8, 4) is 17.6 Å². The highest BCUT2D eigenvalue weighted by molar-refractivity contribution is 5.91. The van der Waals surface area contributed by atoms with E-state index in [4.69, 9.17) is 19.5 Å². The van der Waals surface area contributed by atoms with Gasteiger partial charge < -0.3 is 19.5 Å². The zero-order valence-corrected chi connectivity index (χ0v) is 16.4. The molecule has 0 radical (unpaired) electrons. The molecule has 7 heteroatoms. The molecule has 29 heavy (non-hydrogen) atoms. The number of nitrogens with zero attached hydrogens (tertiary/aromatic N) is 1. The Morgan fingerprint density at radius 1 is 1.28 bits per heavy atom. The third kappa shape index (κ3) is 5.05. The number of hydrogen-bond donors (Lipinski definition) is 1. The van der Waals surface area contributed by atoms with Crippen LogP contribution in [0.1, 0.15) is 40.9 Å². The van der Waals surface area contributed by atoms with Crippen molar-refractivity contribution in [3.63, 3.8) is 0 Å². The van der Waals surface area contributed by atoms with Crippen LogP contribution in [0.3, 0.4) is 0 Å². The molecule has 1 atom stereocenters. The van der Waals surface area contributed by atoms with Crippen LogP contribution in [0, 0.1) is 11.3 Å². The molecule has 0 aliphatic carbocycles. The van der Waals surface area contributed by atoms with E-state index in [1.807, 2.05) is 32.0 Å². The van der Waals surface area contributed by atoms with E-state index in [0.717, 1.165) is 23.3 Å². The molecule has 0 spiro atoms. The van der Waals surface area contributed by atoms with Crippen LogP contribution in [0.2, 0.25) is 0 Å². The van der Waals surface area contributed by atoms with Gasteiger partial charge in [-0.25, -0.2) is 4.79 Å². The zero-order valence-electron chi connectivity index (χ0n) is 16.4. The minimum absolute atomic E-state index is 0.117. The predicted molar refractivity (Wildman–Crippen MR) is 105 cm³/mol. The van der Waals surface area contributed by atoms with Gasteiger partial charge in [-0.05, 0) is 50.2 Å².